The average Bonchev–Trinajstić information content (AvgIpc) is 3.38. The van der Waals surface area contributed by atoms with Crippen LogP contribution in [0.2, 0.25) is 0 Å². The molecule has 224 valence electrons. The number of likely N-dealkylation sites (tertiary alicyclic amines) is 1. The molecule has 0 aromatic heterocycles. The third-order valence-electron chi connectivity index (χ3n) is 7.33. The normalized spacial score (nSPS) is 27.3. The van der Waals surface area contributed by atoms with Gasteiger partial charge in [-0.05, 0) is 32.0 Å². The SMILES string of the molecule is CCN1CCCC1CNC(=O)c1cc(S(=O)(=O)CC)c(N(C(C)=O)C2OC(C(=O)O)C(O)C(O)C2O)cc1OC. The van der Waals surface area contributed by atoms with Crippen molar-refractivity contribution >= 4 is 33.3 Å². The molecule has 2 aliphatic rings. The highest BCUT2D eigenvalue weighted by atomic mass is 32.2. The number of likely N-dealkylation sites (N-methyl/N-ethyl adjacent to an activating group) is 1. The van der Waals surface area contributed by atoms with Crippen LogP contribution in [0, 0.1) is 0 Å². The molecule has 15 heteroatoms. The molecule has 0 aliphatic carbocycles. The molecule has 40 heavy (non-hydrogen) atoms. The van der Waals surface area contributed by atoms with E-state index < -0.39 is 68.9 Å². The van der Waals surface area contributed by atoms with Crippen LogP contribution in [0.15, 0.2) is 17.0 Å². The van der Waals surface area contributed by atoms with Gasteiger partial charge in [0, 0.05) is 25.6 Å². The molecule has 0 bridgehead atoms. The monoisotopic (exact) mass is 587 g/mol. The number of aliphatic carboxylic acids is 1. The van der Waals surface area contributed by atoms with E-state index in [0.29, 0.717) is 11.4 Å². The number of nitrogens with one attached hydrogen (secondary N) is 1. The van der Waals surface area contributed by atoms with E-state index >= 15 is 0 Å². The Hall–Kier alpha value is -2.82. The number of hydrogen-bond acceptors (Lipinski definition) is 11. The van der Waals surface area contributed by atoms with Crippen LogP contribution in [0.25, 0.3) is 0 Å². The van der Waals surface area contributed by atoms with Gasteiger partial charge in [-0.25, -0.2) is 13.2 Å². The zero-order valence-corrected chi connectivity index (χ0v) is 23.6. The molecule has 2 aliphatic heterocycles. The number of sulfone groups is 1. The maximum atomic E-state index is 13.2. The lowest BCUT2D eigenvalue weighted by Crippen LogP contribution is -2.65. The Bertz CT molecular complexity index is 1220. The van der Waals surface area contributed by atoms with Crippen molar-refractivity contribution in [2.24, 2.45) is 0 Å². The van der Waals surface area contributed by atoms with E-state index in [1.54, 1.807) is 0 Å². The largest absolute Gasteiger partial charge is 0.496 e. The van der Waals surface area contributed by atoms with Gasteiger partial charge in [0.15, 0.2) is 22.2 Å². The van der Waals surface area contributed by atoms with Crippen molar-refractivity contribution in [3.05, 3.63) is 17.7 Å². The highest BCUT2D eigenvalue weighted by Crippen LogP contribution is 2.37. The Labute approximate surface area is 232 Å². The number of carboxylic acids is 1. The van der Waals surface area contributed by atoms with Crippen molar-refractivity contribution in [3.63, 3.8) is 0 Å². The van der Waals surface area contributed by atoms with Crippen molar-refractivity contribution in [2.45, 2.75) is 75.2 Å². The van der Waals surface area contributed by atoms with E-state index in [0.717, 1.165) is 45.0 Å². The predicted molar refractivity (Wildman–Crippen MR) is 141 cm³/mol. The van der Waals surface area contributed by atoms with E-state index in [2.05, 4.69) is 10.2 Å². The Balaban J connectivity index is 2.10. The third kappa shape index (κ3) is 6.24. The standard InChI is InChI=1S/C25H37N3O11S/c1-5-27-9-7-8-14(27)12-26-23(33)15-10-18(40(36,37)6-2)16(11-17(15)38-4)28(13(3)29)24-21(32)19(30)20(31)22(39-24)25(34)35/h10-11,14,19-22,24,30-32H,5-9,12H2,1-4H3,(H,26,33)(H,34,35). The Morgan fingerprint density at radius 3 is 2.38 bits per heavy atom. The summed E-state index contributed by atoms with van der Waals surface area (Å²) in [5, 5.41) is 43.3. The van der Waals surface area contributed by atoms with Gasteiger partial charge in [-0.1, -0.05) is 13.8 Å². The molecule has 0 radical (unpaired) electrons. The van der Waals surface area contributed by atoms with Gasteiger partial charge in [-0.3, -0.25) is 19.4 Å². The molecule has 0 spiro atoms. The minimum atomic E-state index is -4.15. The van der Waals surface area contributed by atoms with Crippen molar-refractivity contribution < 1.29 is 52.7 Å². The molecule has 14 nitrogen and oxygen atoms in total. The van der Waals surface area contributed by atoms with Crippen molar-refractivity contribution in [1.29, 1.82) is 0 Å². The third-order valence-corrected chi connectivity index (χ3v) is 9.09. The number of anilines is 1. The summed E-state index contributed by atoms with van der Waals surface area (Å²) < 4.78 is 37.1. The fourth-order valence-corrected chi connectivity index (χ4v) is 6.19. The van der Waals surface area contributed by atoms with Gasteiger partial charge >= 0.3 is 5.97 Å². The molecular formula is C25H37N3O11S. The molecule has 6 atom stereocenters. The van der Waals surface area contributed by atoms with E-state index in [1.165, 1.54) is 14.0 Å². The van der Waals surface area contributed by atoms with Gasteiger partial charge in [0.25, 0.3) is 5.91 Å². The molecule has 2 heterocycles. The summed E-state index contributed by atoms with van der Waals surface area (Å²) in [6, 6.07) is 2.29. The zero-order chi connectivity index (χ0) is 29.9. The second-order valence-corrected chi connectivity index (χ2v) is 12.0. The van der Waals surface area contributed by atoms with Crippen molar-refractivity contribution in [1.82, 2.24) is 10.2 Å². The number of amides is 2. The van der Waals surface area contributed by atoms with E-state index in [9.17, 15) is 43.2 Å². The highest BCUT2D eigenvalue weighted by molar-refractivity contribution is 7.91. The van der Waals surface area contributed by atoms with Gasteiger partial charge in [0.1, 0.15) is 24.1 Å². The van der Waals surface area contributed by atoms with Crippen LogP contribution in [0.4, 0.5) is 5.69 Å². The predicted octanol–water partition coefficient (Wildman–Crippen LogP) is -1.05. The molecular weight excluding hydrogens is 550 g/mol. The maximum absolute atomic E-state index is 13.2. The molecule has 3 rings (SSSR count). The second-order valence-electron chi connectivity index (χ2n) is 9.70. The Kier molecular flexibility index (Phi) is 10.1. The molecule has 0 saturated carbocycles. The van der Waals surface area contributed by atoms with E-state index in [-0.39, 0.29) is 23.0 Å². The fourth-order valence-electron chi connectivity index (χ4n) is 5.10. The maximum Gasteiger partial charge on any atom is 0.335 e. The van der Waals surface area contributed by atoms with Gasteiger partial charge in [-0.2, -0.15) is 0 Å². The van der Waals surface area contributed by atoms with Gasteiger partial charge < -0.3 is 35.2 Å². The number of carbonyl (C=O) groups excluding carboxylic acids is 2. The van der Waals surface area contributed by atoms with Crippen LogP contribution in [-0.4, -0.2) is 121 Å². The van der Waals surface area contributed by atoms with Gasteiger partial charge in [0.2, 0.25) is 5.91 Å². The number of carbonyl (C=O) groups is 3. The molecule has 5 N–H and O–H groups in total. The summed E-state index contributed by atoms with van der Waals surface area (Å²) in [5.74, 6) is -3.70. The van der Waals surface area contributed by atoms with Crippen LogP contribution in [0.3, 0.4) is 0 Å². The van der Waals surface area contributed by atoms with Gasteiger partial charge in [0.05, 0.1) is 29.0 Å². The summed E-state index contributed by atoms with van der Waals surface area (Å²) in [5.41, 5.74) is -0.487. The van der Waals surface area contributed by atoms with Gasteiger partial charge in [-0.15, -0.1) is 0 Å². The smallest absolute Gasteiger partial charge is 0.335 e. The molecule has 1 aromatic carbocycles. The number of rotatable bonds is 10. The van der Waals surface area contributed by atoms with Crippen LogP contribution in [0.5, 0.6) is 5.75 Å². The zero-order valence-electron chi connectivity index (χ0n) is 22.8. The number of methoxy groups -OCH3 is 1. The molecule has 2 saturated heterocycles. The summed E-state index contributed by atoms with van der Waals surface area (Å²) in [6.07, 6.45) is -8.15. The van der Waals surface area contributed by atoms with Crippen molar-refractivity contribution in [2.75, 3.05) is 37.4 Å². The highest BCUT2D eigenvalue weighted by Gasteiger charge is 2.50. The molecule has 6 unspecified atom stereocenters. The number of ether oxygens (including phenoxy) is 2. The van der Waals surface area contributed by atoms with Crippen LogP contribution < -0.4 is 15.0 Å². The average molecular weight is 588 g/mol. The first kappa shape index (κ1) is 31.7. The second kappa shape index (κ2) is 12.8. The lowest BCUT2D eigenvalue weighted by molar-refractivity contribution is -0.227. The summed E-state index contributed by atoms with van der Waals surface area (Å²) in [7, 11) is -2.90. The lowest BCUT2D eigenvalue weighted by atomic mass is 9.97. The van der Waals surface area contributed by atoms with E-state index in [4.69, 9.17) is 9.47 Å². The molecule has 2 amide bonds. The van der Waals surface area contributed by atoms with Crippen LogP contribution >= 0.6 is 0 Å². The van der Waals surface area contributed by atoms with Crippen LogP contribution in [0.1, 0.15) is 44.0 Å². The fraction of sp³-hybridized carbons (Fsp3) is 0.640. The first-order chi connectivity index (χ1) is 18.8. The lowest BCUT2D eigenvalue weighted by Gasteiger charge is -2.43. The van der Waals surface area contributed by atoms with Crippen molar-refractivity contribution in [3.8, 4) is 5.75 Å². The first-order valence-corrected chi connectivity index (χ1v) is 14.6. The number of aliphatic hydroxyl groups excluding tert-OH is 3. The minimum absolute atomic E-state index is 0.103. The van der Waals surface area contributed by atoms with Crippen LogP contribution in [-0.2, 0) is 24.2 Å². The molecule has 2 fully saturated rings. The number of hydrogen-bond donors (Lipinski definition) is 5. The quantitative estimate of drug-likeness (QED) is 0.223. The number of benzene rings is 1. The summed E-state index contributed by atoms with van der Waals surface area (Å²) in [4.78, 5) is 40.2. The topological polar surface area (TPSA) is 203 Å². The number of carboxylic acid groups (broad SMARTS) is 1. The summed E-state index contributed by atoms with van der Waals surface area (Å²) in [6.45, 7) is 6.45. The first-order valence-electron chi connectivity index (χ1n) is 13.0. The summed E-state index contributed by atoms with van der Waals surface area (Å²) >= 11 is 0. The van der Waals surface area contributed by atoms with E-state index in [1.807, 2.05) is 6.92 Å². The number of nitrogens with zero attached hydrogens (tertiary/aromatic N) is 2. The number of aliphatic hydroxyl groups is 3. The molecule has 1 aromatic rings. The Morgan fingerprint density at radius 1 is 1.15 bits per heavy atom. The Morgan fingerprint density at radius 2 is 1.82 bits per heavy atom. The minimum Gasteiger partial charge on any atom is -0.496 e.